The van der Waals surface area contributed by atoms with Crippen molar-refractivity contribution in [2.24, 2.45) is 0 Å². The summed E-state index contributed by atoms with van der Waals surface area (Å²) in [5.74, 6) is 0.345. The third-order valence-electron chi connectivity index (χ3n) is 5.78. The predicted octanol–water partition coefficient (Wildman–Crippen LogP) is 3.89. The van der Waals surface area contributed by atoms with Crippen LogP contribution in [0, 0.1) is 0 Å². The van der Waals surface area contributed by atoms with Crippen LogP contribution >= 0.6 is 23.2 Å². The van der Waals surface area contributed by atoms with Crippen molar-refractivity contribution >= 4 is 40.3 Å². The number of hydrogen-bond acceptors (Lipinski definition) is 5. The molecule has 0 bridgehead atoms. The monoisotopic (exact) mass is 482 g/mol. The second kappa shape index (κ2) is 8.96. The van der Waals surface area contributed by atoms with Crippen molar-refractivity contribution in [2.45, 2.75) is 25.3 Å². The van der Waals surface area contributed by atoms with Gasteiger partial charge in [0.15, 0.2) is 11.2 Å². The summed E-state index contributed by atoms with van der Waals surface area (Å²) in [4.78, 5) is 35.0. The number of piperidine rings is 1. The second-order valence-electron chi connectivity index (χ2n) is 8.10. The van der Waals surface area contributed by atoms with Gasteiger partial charge in [0.1, 0.15) is 5.82 Å². The van der Waals surface area contributed by atoms with Gasteiger partial charge in [-0.15, -0.1) is 5.10 Å². The van der Waals surface area contributed by atoms with Crippen LogP contribution in [-0.4, -0.2) is 48.9 Å². The number of fused-ring (bicyclic) bond motifs is 1. The fraction of sp³-hybridized carbons (Fsp3) is 0.261. The summed E-state index contributed by atoms with van der Waals surface area (Å²) in [5.41, 5.74) is 1.72. The van der Waals surface area contributed by atoms with Gasteiger partial charge < -0.3 is 9.88 Å². The minimum atomic E-state index is -0.342. The average Bonchev–Trinajstić information content (AvgIpc) is 3.22. The fourth-order valence-corrected chi connectivity index (χ4v) is 4.58. The maximum absolute atomic E-state index is 13.0. The van der Waals surface area contributed by atoms with Gasteiger partial charge in [-0.25, -0.2) is 9.67 Å². The van der Waals surface area contributed by atoms with Gasteiger partial charge in [-0.2, -0.15) is 0 Å². The zero-order chi connectivity index (χ0) is 22.9. The van der Waals surface area contributed by atoms with Crippen molar-refractivity contribution in [2.75, 3.05) is 13.1 Å². The number of H-pyrrole nitrogens is 1. The summed E-state index contributed by atoms with van der Waals surface area (Å²) in [6.45, 7) is 1.48. The number of rotatable bonds is 4. The number of nitrogens with one attached hydrogen (secondary N) is 1. The highest BCUT2D eigenvalue weighted by Crippen LogP contribution is 2.26. The molecule has 0 unspecified atom stereocenters. The molecule has 0 saturated carbocycles. The number of benzene rings is 2. The Morgan fingerprint density at radius 3 is 2.70 bits per heavy atom. The van der Waals surface area contributed by atoms with E-state index in [0.29, 0.717) is 46.7 Å². The van der Waals surface area contributed by atoms with E-state index < -0.39 is 0 Å². The summed E-state index contributed by atoms with van der Waals surface area (Å²) in [7, 11) is 0. The Morgan fingerprint density at radius 2 is 1.91 bits per heavy atom. The van der Waals surface area contributed by atoms with Crippen LogP contribution in [0.15, 0.2) is 53.3 Å². The molecule has 4 aromatic rings. The van der Waals surface area contributed by atoms with Crippen LogP contribution in [0.3, 0.4) is 0 Å². The maximum atomic E-state index is 13.0. The van der Waals surface area contributed by atoms with E-state index in [0.717, 1.165) is 18.4 Å². The molecular formula is C23H20Cl2N6O2. The van der Waals surface area contributed by atoms with Crippen molar-refractivity contribution in [3.05, 3.63) is 85.9 Å². The average molecular weight is 483 g/mol. The SMILES string of the molecule is O=C(c1cccc(Cl)c1)N1CCC[C@H](c2nc3c(nnn3Cc3cccc(Cl)c3)c(=O)[nH]2)C1. The molecule has 1 fully saturated rings. The molecule has 3 heterocycles. The van der Waals surface area contributed by atoms with E-state index in [1.165, 1.54) is 0 Å². The Balaban J connectivity index is 1.43. The first kappa shape index (κ1) is 21.6. The topological polar surface area (TPSA) is 96.8 Å². The van der Waals surface area contributed by atoms with Crippen molar-refractivity contribution in [3.8, 4) is 0 Å². The van der Waals surface area contributed by atoms with Crippen LogP contribution in [0.2, 0.25) is 10.0 Å². The minimum absolute atomic E-state index is 0.0849. The molecule has 0 aliphatic carbocycles. The molecule has 1 aliphatic rings. The number of carbonyl (C=O) groups excluding carboxylic acids is 1. The molecule has 10 heteroatoms. The summed E-state index contributed by atoms with van der Waals surface area (Å²) in [6.07, 6.45) is 1.61. The maximum Gasteiger partial charge on any atom is 0.281 e. The van der Waals surface area contributed by atoms with Crippen molar-refractivity contribution < 1.29 is 4.79 Å². The Labute approximate surface area is 199 Å². The lowest BCUT2D eigenvalue weighted by atomic mass is 9.96. The van der Waals surface area contributed by atoms with Crippen LogP contribution in [-0.2, 0) is 6.54 Å². The lowest BCUT2D eigenvalue weighted by Gasteiger charge is -2.32. The third-order valence-corrected chi connectivity index (χ3v) is 6.25. The highest BCUT2D eigenvalue weighted by atomic mass is 35.5. The summed E-state index contributed by atoms with van der Waals surface area (Å²) in [6, 6.07) is 14.3. The standard InChI is InChI=1S/C23H20Cl2N6O2/c24-17-7-1-4-14(10-17)12-31-21-19(28-29-31)22(32)27-20(26-21)16-6-3-9-30(13-16)23(33)15-5-2-8-18(25)11-15/h1-2,4-5,7-8,10-11,16H,3,6,9,12-13H2,(H,26,27,32)/t16-/m0/s1. The summed E-state index contributed by atoms with van der Waals surface area (Å²) in [5, 5.41) is 9.27. The molecule has 2 aromatic heterocycles. The molecule has 1 atom stereocenters. The molecule has 0 spiro atoms. The van der Waals surface area contributed by atoms with Gasteiger partial charge in [0, 0.05) is 34.6 Å². The van der Waals surface area contributed by atoms with Crippen LogP contribution in [0.1, 0.15) is 40.5 Å². The summed E-state index contributed by atoms with van der Waals surface area (Å²) >= 11 is 12.1. The number of amides is 1. The zero-order valence-electron chi connectivity index (χ0n) is 17.5. The summed E-state index contributed by atoms with van der Waals surface area (Å²) < 4.78 is 1.59. The number of aromatic amines is 1. The Bertz CT molecular complexity index is 1400. The Hall–Kier alpha value is -3.23. The molecule has 168 valence electrons. The largest absolute Gasteiger partial charge is 0.338 e. The first-order valence-corrected chi connectivity index (χ1v) is 11.4. The lowest BCUT2D eigenvalue weighted by molar-refractivity contribution is 0.0704. The molecule has 1 saturated heterocycles. The first-order chi connectivity index (χ1) is 16.0. The van der Waals surface area contributed by atoms with Crippen LogP contribution < -0.4 is 5.56 Å². The number of nitrogens with zero attached hydrogens (tertiary/aromatic N) is 5. The molecule has 8 nitrogen and oxygen atoms in total. The molecule has 1 aliphatic heterocycles. The van der Waals surface area contributed by atoms with Gasteiger partial charge in [0.2, 0.25) is 0 Å². The molecular weight excluding hydrogens is 463 g/mol. The van der Waals surface area contributed by atoms with Gasteiger partial charge >= 0.3 is 0 Å². The zero-order valence-corrected chi connectivity index (χ0v) is 19.1. The smallest absolute Gasteiger partial charge is 0.281 e. The number of carbonyl (C=O) groups is 1. The Kier molecular flexibility index (Phi) is 5.86. The number of halogens is 2. The van der Waals surface area contributed by atoms with E-state index in [9.17, 15) is 9.59 Å². The quantitative estimate of drug-likeness (QED) is 0.475. The van der Waals surface area contributed by atoms with Crippen molar-refractivity contribution in [3.63, 3.8) is 0 Å². The minimum Gasteiger partial charge on any atom is -0.338 e. The van der Waals surface area contributed by atoms with Crippen LogP contribution in [0.25, 0.3) is 11.2 Å². The van der Waals surface area contributed by atoms with E-state index in [-0.39, 0.29) is 22.9 Å². The molecule has 1 N–H and O–H groups in total. The van der Waals surface area contributed by atoms with E-state index in [1.807, 2.05) is 18.2 Å². The fourth-order valence-electron chi connectivity index (χ4n) is 4.18. The van der Waals surface area contributed by atoms with Gasteiger partial charge in [-0.05, 0) is 48.7 Å². The highest BCUT2D eigenvalue weighted by Gasteiger charge is 2.28. The molecule has 5 rings (SSSR count). The van der Waals surface area contributed by atoms with Crippen LogP contribution in [0.4, 0.5) is 0 Å². The van der Waals surface area contributed by atoms with E-state index >= 15 is 0 Å². The van der Waals surface area contributed by atoms with E-state index in [1.54, 1.807) is 39.9 Å². The van der Waals surface area contributed by atoms with E-state index in [4.69, 9.17) is 28.2 Å². The van der Waals surface area contributed by atoms with Gasteiger partial charge in [0.05, 0.1) is 6.54 Å². The number of aromatic nitrogens is 5. The number of likely N-dealkylation sites (tertiary alicyclic amines) is 1. The van der Waals surface area contributed by atoms with E-state index in [2.05, 4.69) is 15.3 Å². The van der Waals surface area contributed by atoms with Crippen molar-refractivity contribution in [1.82, 2.24) is 29.9 Å². The van der Waals surface area contributed by atoms with Gasteiger partial charge in [-0.1, -0.05) is 46.6 Å². The number of hydrogen-bond donors (Lipinski definition) is 1. The molecule has 2 aromatic carbocycles. The normalized spacial score (nSPS) is 16.3. The van der Waals surface area contributed by atoms with Crippen LogP contribution in [0.5, 0.6) is 0 Å². The van der Waals surface area contributed by atoms with Gasteiger partial charge in [0.25, 0.3) is 11.5 Å². The Morgan fingerprint density at radius 1 is 1.12 bits per heavy atom. The molecule has 0 radical (unpaired) electrons. The molecule has 33 heavy (non-hydrogen) atoms. The van der Waals surface area contributed by atoms with Crippen molar-refractivity contribution in [1.29, 1.82) is 0 Å². The highest BCUT2D eigenvalue weighted by molar-refractivity contribution is 6.31. The predicted molar refractivity (Wildman–Crippen MR) is 126 cm³/mol. The third kappa shape index (κ3) is 4.49. The van der Waals surface area contributed by atoms with Gasteiger partial charge in [-0.3, -0.25) is 9.59 Å². The first-order valence-electron chi connectivity index (χ1n) is 10.6. The second-order valence-corrected chi connectivity index (χ2v) is 8.97. The molecule has 1 amide bonds. The lowest BCUT2D eigenvalue weighted by Crippen LogP contribution is -2.40.